The number of amides is 2. The molecule has 0 aliphatic carbocycles. The van der Waals surface area contributed by atoms with Gasteiger partial charge in [-0.15, -0.1) is 0 Å². The minimum atomic E-state index is -0.578. The molecule has 4 rings (SSSR count). The first-order valence-corrected chi connectivity index (χ1v) is 10.2. The monoisotopic (exact) mass is 444 g/mol. The Balaban J connectivity index is 1.70. The first kappa shape index (κ1) is 21.1. The lowest BCUT2D eigenvalue weighted by Gasteiger charge is -2.34. The highest BCUT2D eigenvalue weighted by Gasteiger charge is 2.24. The van der Waals surface area contributed by atoms with Gasteiger partial charge in [0, 0.05) is 37.1 Å². The summed E-state index contributed by atoms with van der Waals surface area (Å²) in [6.07, 6.45) is 1.37. The fraction of sp³-hybridized carbons (Fsp3) is 0.286. The van der Waals surface area contributed by atoms with Gasteiger partial charge in [0.25, 0.3) is 0 Å². The summed E-state index contributed by atoms with van der Waals surface area (Å²) in [5.41, 5.74) is 1.23. The molecule has 10 heteroatoms. The molecule has 1 aromatic heterocycles. The number of aromatic nitrogens is 2. The summed E-state index contributed by atoms with van der Waals surface area (Å²) in [4.78, 5) is 23.1. The molecule has 3 aromatic rings. The molecule has 1 unspecified atom stereocenters. The highest BCUT2D eigenvalue weighted by atomic mass is 35.5. The van der Waals surface area contributed by atoms with Crippen molar-refractivity contribution in [2.75, 3.05) is 37.4 Å². The van der Waals surface area contributed by atoms with Crippen LogP contribution in [-0.4, -0.2) is 53.7 Å². The van der Waals surface area contributed by atoms with Crippen LogP contribution in [0.3, 0.4) is 0 Å². The molecule has 0 radical (unpaired) electrons. The highest BCUT2D eigenvalue weighted by molar-refractivity contribution is 6.31. The Morgan fingerprint density at radius 2 is 2.16 bits per heavy atom. The third kappa shape index (κ3) is 4.33. The van der Waals surface area contributed by atoms with E-state index in [1.807, 2.05) is 6.92 Å². The molecule has 1 saturated heterocycles. The van der Waals surface area contributed by atoms with Crippen molar-refractivity contribution < 1.29 is 13.9 Å². The van der Waals surface area contributed by atoms with Crippen molar-refractivity contribution in [1.82, 2.24) is 20.2 Å². The average molecular weight is 445 g/mol. The number of rotatable bonds is 4. The lowest BCUT2D eigenvalue weighted by Crippen LogP contribution is -2.53. The van der Waals surface area contributed by atoms with Crippen LogP contribution >= 0.6 is 11.6 Å². The summed E-state index contributed by atoms with van der Waals surface area (Å²) < 4.78 is 19.8. The highest BCUT2D eigenvalue weighted by Crippen LogP contribution is 2.34. The maximum atomic E-state index is 14.4. The van der Waals surface area contributed by atoms with Gasteiger partial charge in [-0.1, -0.05) is 17.7 Å². The van der Waals surface area contributed by atoms with Crippen LogP contribution in [-0.2, 0) is 0 Å². The normalized spacial score (nSPS) is 16.3. The van der Waals surface area contributed by atoms with Gasteiger partial charge in [0.05, 0.1) is 29.0 Å². The maximum Gasteiger partial charge on any atom is 0.322 e. The van der Waals surface area contributed by atoms with Gasteiger partial charge in [-0.25, -0.2) is 19.2 Å². The number of methoxy groups -OCH3 is 1. The van der Waals surface area contributed by atoms with Crippen LogP contribution < -0.4 is 20.7 Å². The van der Waals surface area contributed by atoms with E-state index < -0.39 is 5.82 Å². The number of halogens is 2. The number of ether oxygens (including phenoxy) is 1. The Kier molecular flexibility index (Phi) is 6.06. The van der Waals surface area contributed by atoms with Crippen molar-refractivity contribution in [2.45, 2.75) is 13.0 Å². The van der Waals surface area contributed by atoms with Gasteiger partial charge in [-0.3, -0.25) is 0 Å². The second-order valence-electron chi connectivity index (χ2n) is 7.19. The number of anilines is 3. The molecule has 1 atom stereocenters. The van der Waals surface area contributed by atoms with E-state index in [1.54, 1.807) is 29.2 Å². The summed E-state index contributed by atoms with van der Waals surface area (Å²) in [6, 6.07) is 7.92. The van der Waals surface area contributed by atoms with Gasteiger partial charge in [0.15, 0.2) is 5.82 Å². The Morgan fingerprint density at radius 1 is 1.32 bits per heavy atom. The zero-order chi connectivity index (χ0) is 22.0. The zero-order valence-corrected chi connectivity index (χ0v) is 17.8. The SMILES string of the molecule is COc1cc2ncnc(Nc3cccc(Cl)c3F)c2cc1NC(=O)N1CCNCC1C. The van der Waals surface area contributed by atoms with Gasteiger partial charge in [-0.2, -0.15) is 0 Å². The van der Waals surface area contributed by atoms with Crippen LogP contribution in [0.25, 0.3) is 10.9 Å². The standard InChI is InChI=1S/C21H22ClFN6O2/c1-12-10-24-6-7-29(12)21(30)28-17-8-13-16(9-18(17)31-2)25-11-26-20(13)27-15-5-3-4-14(22)19(15)23/h3-5,8-9,11-12,24H,6-7,10H2,1-2H3,(H,28,30)(H,25,26,27). The van der Waals surface area contributed by atoms with Gasteiger partial charge in [-0.05, 0) is 25.1 Å². The number of fused-ring (bicyclic) bond motifs is 1. The molecule has 0 saturated carbocycles. The van der Waals surface area contributed by atoms with E-state index in [0.717, 1.165) is 13.1 Å². The lowest BCUT2D eigenvalue weighted by atomic mass is 10.1. The third-order valence-corrected chi connectivity index (χ3v) is 5.46. The molecule has 0 spiro atoms. The molecule has 2 aromatic carbocycles. The fourth-order valence-corrected chi connectivity index (χ4v) is 3.68. The number of nitrogens with one attached hydrogen (secondary N) is 3. The molecule has 0 bridgehead atoms. The number of benzene rings is 2. The summed E-state index contributed by atoms with van der Waals surface area (Å²) in [7, 11) is 1.52. The van der Waals surface area contributed by atoms with E-state index in [1.165, 1.54) is 19.5 Å². The van der Waals surface area contributed by atoms with Crippen LogP contribution in [0.5, 0.6) is 5.75 Å². The van der Waals surface area contributed by atoms with Crippen LogP contribution in [0.4, 0.5) is 26.4 Å². The van der Waals surface area contributed by atoms with E-state index in [4.69, 9.17) is 16.3 Å². The van der Waals surface area contributed by atoms with Crippen molar-refractivity contribution >= 4 is 45.7 Å². The molecule has 1 aliphatic heterocycles. The van der Waals surface area contributed by atoms with E-state index in [9.17, 15) is 9.18 Å². The topological polar surface area (TPSA) is 91.4 Å². The first-order valence-electron chi connectivity index (χ1n) is 9.80. The zero-order valence-electron chi connectivity index (χ0n) is 17.1. The molecule has 162 valence electrons. The molecular weight excluding hydrogens is 423 g/mol. The quantitative estimate of drug-likeness (QED) is 0.563. The smallest absolute Gasteiger partial charge is 0.322 e. The van der Waals surface area contributed by atoms with Gasteiger partial charge in [0.2, 0.25) is 0 Å². The second kappa shape index (κ2) is 8.91. The summed E-state index contributed by atoms with van der Waals surface area (Å²) in [6.45, 7) is 4.06. The third-order valence-electron chi connectivity index (χ3n) is 5.17. The van der Waals surface area contributed by atoms with Crippen molar-refractivity contribution in [3.8, 4) is 5.75 Å². The van der Waals surface area contributed by atoms with E-state index in [-0.39, 0.29) is 22.8 Å². The molecule has 8 nitrogen and oxygen atoms in total. The second-order valence-corrected chi connectivity index (χ2v) is 7.60. The maximum absolute atomic E-state index is 14.4. The van der Waals surface area contributed by atoms with Gasteiger partial charge >= 0.3 is 6.03 Å². The number of nitrogens with zero attached hydrogens (tertiary/aromatic N) is 3. The minimum absolute atomic E-state index is 0.00289. The predicted octanol–water partition coefficient (Wildman–Crippen LogP) is 4.00. The Hall–Kier alpha value is -3.17. The molecule has 1 fully saturated rings. The van der Waals surface area contributed by atoms with Crippen molar-refractivity contribution in [1.29, 1.82) is 0 Å². The molecule has 2 amide bonds. The molecule has 3 N–H and O–H groups in total. The van der Waals surface area contributed by atoms with Crippen LogP contribution in [0.1, 0.15) is 6.92 Å². The van der Waals surface area contributed by atoms with Crippen molar-refractivity contribution in [3.63, 3.8) is 0 Å². The number of hydrogen-bond donors (Lipinski definition) is 3. The van der Waals surface area contributed by atoms with Crippen LogP contribution in [0, 0.1) is 5.82 Å². The van der Waals surface area contributed by atoms with Gasteiger partial charge < -0.3 is 25.6 Å². The van der Waals surface area contributed by atoms with E-state index in [0.29, 0.717) is 34.7 Å². The first-order chi connectivity index (χ1) is 15.0. The van der Waals surface area contributed by atoms with Crippen LogP contribution in [0.15, 0.2) is 36.7 Å². The number of piperazine rings is 1. The molecular formula is C21H22ClFN6O2. The van der Waals surface area contributed by atoms with Crippen molar-refractivity contribution in [2.24, 2.45) is 0 Å². The van der Waals surface area contributed by atoms with Crippen LogP contribution in [0.2, 0.25) is 5.02 Å². The average Bonchev–Trinajstić information content (AvgIpc) is 2.77. The Bertz CT molecular complexity index is 1130. The predicted molar refractivity (Wildman–Crippen MR) is 119 cm³/mol. The van der Waals surface area contributed by atoms with Crippen molar-refractivity contribution in [3.05, 3.63) is 47.5 Å². The van der Waals surface area contributed by atoms with E-state index in [2.05, 4.69) is 25.9 Å². The fourth-order valence-electron chi connectivity index (χ4n) is 3.51. The minimum Gasteiger partial charge on any atom is -0.494 e. The molecule has 1 aliphatic rings. The summed E-state index contributed by atoms with van der Waals surface area (Å²) >= 11 is 5.89. The molecule has 2 heterocycles. The van der Waals surface area contributed by atoms with Gasteiger partial charge in [0.1, 0.15) is 17.9 Å². The number of carbonyl (C=O) groups is 1. The number of carbonyl (C=O) groups excluding carboxylic acids is 1. The number of hydrogen-bond acceptors (Lipinski definition) is 6. The lowest BCUT2D eigenvalue weighted by molar-refractivity contribution is 0.177. The van der Waals surface area contributed by atoms with E-state index >= 15 is 0 Å². The Morgan fingerprint density at radius 3 is 2.94 bits per heavy atom. The summed E-state index contributed by atoms with van der Waals surface area (Å²) in [5.74, 6) is 0.257. The largest absolute Gasteiger partial charge is 0.494 e. The number of urea groups is 1. The summed E-state index contributed by atoms with van der Waals surface area (Å²) in [5, 5.41) is 9.73. The molecule has 31 heavy (non-hydrogen) atoms. The Labute approximate surface area is 183 Å².